The third kappa shape index (κ3) is 4.17. The second kappa shape index (κ2) is 6.43. The molecule has 21 heavy (non-hydrogen) atoms. The van der Waals surface area contributed by atoms with E-state index in [0.717, 1.165) is 12.0 Å². The van der Waals surface area contributed by atoms with Crippen molar-refractivity contribution in [1.82, 2.24) is 5.32 Å². The number of aliphatic hydroxyl groups is 1. The van der Waals surface area contributed by atoms with Gasteiger partial charge in [-0.15, -0.1) is 0 Å². The zero-order valence-corrected chi connectivity index (χ0v) is 12.8. The lowest BCUT2D eigenvalue weighted by Crippen LogP contribution is -2.24. The van der Waals surface area contributed by atoms with Crippen molar-refractivity contribution in [3.63, 3.8) is 0 Å². The van der Waals surface area contributed by atoms with Gasteiger partial charge in [-0.2, -0.15) is 0 Å². The average Bonchev–Trinajstić information content (AvgIpc) is 2.98. The van der Waals surface area contributed by atoms with E-state index in [9.17, 15) is 13.5 Å². The topological polar surface area (TPSA) is 79.5 Å². The molecule has 6 heteroatoms. The standard InChI is InChI=1S/C15H19NO4S/c1-11(15-4-3-9-20-15)16-10-14(17)12-5-7-13(8-6-12)21(2,18)19/h3-9,11,14,16-17H,10H2,1-2H3/t11-,14?/m0/s1. The molecule has 1 heterocycles. The molecule has 2 aromatic rings. The molecule has 1 aromatic carbocycles. The van der Waals surface area contributed by atoms with E-state index in [1.165, 1.54) is 12.1 Å². The smallest absolute Gasteiger partial charge is 0.175 e. The van der Waals surface area contributed by atoms with Gasteiger partial charge < -0.3 is 14.8 Å². The van der Waals surface area contributed by atoms with Crippen LogP contribution in [0, 0.1) is 0 Å². The van der Waals surface area contributed by atoms with Gasteiger partial charge in [0.2, 0.25) is 0 Å². The number of rotatable bonds is 6. The normalized spacial score (nSPS) is 14.8. The molecule has 0 aliphatic carbocycles. The molecule has 2 N–H and O–H groups in total. The van der Waals surface area contributed by atoms with Gasteiger partial charge in [0, 0.05) is 12.8 Å². The van der Waals surface area contributed by atoms with E-state index in [-0.39, 0.29) is 10.9 Å². The van der Waals surface area contributed by atoms with E-state index < -0.39 is 15.9 Å². The van der Waals surface area contributed by atoms with Gasteiger partial charge in [0.25, 0.3) is 0 Å². The monoisotopic (exact) mass is 309 g/mol. The fourth-order valence-corrected chi connectivity index (χ4v) is 2.61. The Hall–Kier alpha value is -1.63. The summed E-state index contributed by atoms with van der Waals surface area (Å²) in [4.78, 5) is 0.246. The zero-order chi connectivity index (χ0) is 15.5. The number of hydrogen-bond acceptors (Lipinski definition) is 5. The number of aliphatic hydroxyl groups excluding tert-OH is 1. The molecule has 0 spiro atoms. The van der Waals surface area contributed by atoms with Crippen LogP contribution in [0.2, 0.25) is 0 Å². The molecule has 1 aromatic heterocycles. The molecule has 2 rings (SSSR count). The fourth-order valence-electron chi connectivity index (χ4n) is 1.98. The fraction of sp³-hybridized carbons (Fsp3) is 0.333. The SMILES string of the molecule is C[C@H](NCC(O)c1ccc(S(C)(=O)=O)cc1)c1ccco1. The summed E-state index contributed by atoms with van der Waals surface area (Å²) in [6.45, 7) is 2.29. The number of nitrogens with one attached hydrogen (secondary N) is 1. The van der Waals surface area contributed by atoms with Crippen molar-refractivity contribution in [3.8, 4) is 0 Å². The van der Waals surface area contributed by atoms with E-state index in [4.69, 9.17) is 4.42 Å². The van der Waals surface area contributed by atoms with Crippen molar-refractivity contribution >= 4 is 9.84 Å². The van der Waals surface area contributed by atoms with Crippen LogP contribution < -0.4 is 5.32 Å². The van der Waals surface area contributed by atoms with E-state index in [2.05, 4.69) is 5.32 Å². The minimum Gasteiger partial charge on any atom is -0.468 e. The second-order valence-electron chi connectivity index (χ2n) is 5.00. The average molecular weight is 309 g/mol. The van der Waals surface area contributed by atoms with Crippen LogP contribution in [-0.2, 0) is 9.84 Å². The van der Waals surface area contributed by atoms with E-state index in [0.29, 0.717) is 12.1 Å². The Morgan fingerprint density at radius 1 is 1.24 bits per heavy atom. The molecule has 1 unspecified atom stereocenters. The van der Waals surface area contributed by atoms with Crippen LogP contribution in [0.1, 0.15) is 30.4 Å². The summed E-state index contributed by atoms with van der Waals surface area (Å²) in [5, 5.41) is 13.3. The molecule has 0 radical (unpaired) electrons. The summed E-state index contributed by atoms with van der Waals surface area (Å²) in [6, 6.07) is 9.93. The van der Waals surface area contributed by atoms with E-state index in [1.54, 1.807) is 18.4 Å². The van der Waals surface area contributed by atoms with Crippen molar-refractivity contribution in [2.24, 2.45) is 0 Å². The lowest BCUT2D eigenvalue weighted by atomic mass is 10.1. The van der Waals surface area contributed by atoms with Crippen LogP contribution in [0.5, 0.6) is 0 Å². The molecule has 0 aliphatic heterocycles. The molecular weight excluding hydrogens is 290 g/mol. The van der Waals surface area contributed by atoms with Crippen molar-refractivity contribution in [3.05, 3.63) is 54.0 Å². The molecule has 0 saturated carbocycles. The maximum absolute atomic E-state index is 11.4. The minimum absolute atomic E-state index is 0.00931. The number of hydrogen-bond donors (Lipinski definition) is 2. The third-order valence-corrected chi connectivity index (χ3v) is 4.41. The maximum atomic E-state index is 11.4. The van der Waals surface area contributed by atoms with Crippen LogP contribution >= 0.6 is 0 Å². The second-order valence-corrected chi connectivity index (χ2v) is 7.02. The Balaban J connectivity index is 1.96. The highest BCUT2D eigenvalue weighted by Gasteiger charge is 2.13. The van der Waals surface area contributed by atoms with Crippen LogP contribution in [0.15, 0.2) is 52.0 Å². The van der Waals surface area contributed by atoms with Gasteiger partial charge in [0.1, 0.15) is 5.76 Å². The first-order valence-electron chi connectivity index (χ1n) is 6.63. The summed E-state index contributed by atoms with van der Waals surface area (Å²) in [5.74, 6) is 0.801. The first-order valence-corrected chi connectivity index (χ1v) is 8.52. The van der Waals surface area contributed by atoms with Crippen molar-refractivity contribution < 1.29 is 17.9 Å². The predicted octanol–water partition coefficient (Wildman–Crippen LogP) is 2.07. The Labute approximate surface area is 124 Å². The number of benzene rings is 1. The van der Waals surface area contributed by atoms with Crippen molar-refractivity contribution in [2.75, 3.05) is 12.8 Å². The summed E-state index contributed by atoms with van der Waals surface area (Å²) in [5.41, 5.74) is 0.668. The Bertz CT molecular complexity index is 662. The minimum atomic E-state index is -3.21. The van der Waals surface area contributed by atoms with Gasteiger partial charge in [-0.25, -0.2) is 8.42 Å². The van der Waals surface area contributed by atoms with Crippen LogP contribution in [-0.4, -0.2) is 26.3 Å². The van der Waals surface area contributed by atoms with Gasteiger partial charge >= 0.3 is 0 Å². The van der Waals surface area contributed by atoms with Gasteiger partial charge in [-0.05, 0) is 36.8 Å². The molecular formula is C15H19NO4S. The van der Waals surface area contributed by atoms with Crippen molar-refractivity contribution in [1.29, 1.82) is 0 Å². The molecule has 2 atom stereocenters. The van der Waals surface area contributed by atoms with Crippen LogP contribution in [0.3, 0.4) is 0 Å². The molecule has 0 saturated heterocycles. The van der Waals surface area contributed by atoms with Crippen LogP contribution in [0.4, 0.5) is 0 Å². The highest BCUT2D eigenvalue weighted by atomic mass is 32.2. The van der Waals surface area contributed by atoms with Gasteiger partial charge in [-0.3, -0.25) is 0 Å². The molecule has 0 amide bonds. The lowest BCUT2D eigenvalue weighted by molar-refractivity contribution is 0.169. The zero-order valence-electron chi connectivity index (χ0n) is 12.0. The highest BCUT2D eigenvalue weighted by Crippen LogP contribution is 2.18. The summed E-state index contributed by atoms with van der Waals surface area (Å²) < 4.78 is 28.0. The summed E-state index contributed by atoms with van der Waals surface area (Å²) in [6.07, 6.45) is 2.05. The lowest BCUT2D eigenvalue weighted by Gasteiger charge is -2.16. The van der Waals surface area contributed by atoms with E-state index >= 15 is 0 Å². The van der Waals surface area contributed by atoms with Crippen molar-refractivity contribution in [2.45, 2.75) is 24.0 Å². The number of sulfone groups is 1. The first kappa shape index (κ1) is 15.8. The van der Waals surface area contributed by atoms with Crippen LogP contribution in [0.25, 0.3) is 0 Å². The predicted molar refractivity (Wildman–Crippen MR) is 79.6 cm³/mol. The quantitative estimate of drug-likeness (QED) is 0.854. The van der Waals surface area contributed by atoms with Gasteiger partial charge in [0.15, 0.2) is 9.84 Å². The highest BCUT2D eigenvalue weighted by molar-refractivity contribution is 7.90. The van der Waals surface area contributed by atoms with Gasteiger partial charge in [0.05, 0.1) is 23.3 Å². The summed E-state index contributed by atoms with van der Waals surface area (Å²) >= 11 is 0. The molecule has 114 valence electrons. The van der Waals surface area contributed by atoms with E-state index in [1.807, 2.05) is 19.1 Å². The maximum Gasteiger partial charge on any atom is 0.175 e. The third-order valence-electron chi connectivity index (χ3n) is 3.28. The molecule has 0 bridgehead atoms. The summed E-state index contributed by atoms with van der Waals surface area (Å²) in [7, 11) is -3.21. The van der Waals surface area contributed by atoms with Gasteiger partial charge in [-0.1, -0.05) is 12.1 Å². The Morgan fingerprint density at radius 3 is 2.43 bits per heavy atom. The largest absolute Gasteiger partial charge is 0.468 e. The Morgan fingerprint density at radius 2 is 1.90 bits per heavy atom. The molecule has 5 nitrogen and oxygen atoms in total. The molecule has 0 fully saturated rings. The first-order chi connectivity index (χ1) is 9.88. The Kier molecular flexibility index (Phi) is 4.82. The number of furan rings is 1. The molecule has 0 aliphatic rings.